The largest absolute Gasteiger partial charge is 1.00 e. The Labute approximate surface area is 146 Å². The van der Waals surface area contributed by atoms with Gasteiger partial charge in [0.2, 0.25) is 0 Å². The quantitative estimate of drug-likeness (QED) is 0.113. The molecule has 0 heterocycles. The Hall–Kier alpha value is -0.960. The second kappa shape index (κ2) is 15.9. The van der Waals surface area contributed by atoms with Crippen molar-refractivity contribution in [3.05, 3.63) is 0 Å². The Morgan fingerprint density at radius 2 is 0.739 bits per heavy atom. The molecule has 0 atom stereocenters. The molecule has 0 aromatic carbocycles. The molecule has 7 N–H and O–H groups in total. The molecule has 0 fully saturated rings. The maximum Gasteiger partial charge on any atom is 1.00 e. The summed E-state index contributed by atoms with van der Waals surface area (Å²) in [6.07, 6.45) is 0. The Morgan fingerprint density at radius 1 is 0.696 bits per heavy atom. The number of aliphatic carboxylic acids is 4. The molecule has 19 heteroatoms. The minimum atomic E-state index is -5.64. The third kappa shape index (κ3) is 154. The van der Waals surface area contributed by atoms with Gasteiger partial charge in [-0.15, -0.1) is 8.39 Å². The molecule has 0 saturated carbocycles. The van der Waals surface area contributed by atoms with Crippen molar-refractivity contribution in [1.29, 1.82) is 0 Å². The maximum absolute atomic E-state index is 10.1. The van der Waals surface area contributed by atoms with Gasteiger partial charge in [-0.3, -0.25) is 9.46 Å². The van der Waals surface area contributed by atoms with Gasteiger partial charge >= 0.3 is 61.4 Å². The Morgan fingerprint density at radius 3 is 0.739 bits per heavy atom. The van der Waals surface area contributed by atoms with Gasteiger partial charge in [-0.2, -0.15) is 0 Å². The molecule has 0 aliphatic rings. The smallest absolute Gasteiger partial charge is 0.756 e. The number of hydrogen-bond donors (Lipinski definition) is 7. The first kappa shape index (κ1) is 33.6. The monoisotopic (exact) mass is 402 g/mol. The van der Waals surface area contributed by atoms with E-state index < -0.39 is 39.7 Å². The van der Waals surface area contributed by atoms with Gasteiger partial charge in [0.15, 0.2) is 0 Å². The molecule has 0 unspecified atom stereocenters. The summed E-state index contributed by atoms with van der Waals surface area (Å²) in [6.45, 7) is 0. The molecule has 0 spiro atoms. The minimum absolute atomic E-state index is 0. The molecule has 0 bridgehead atoms. The molecular formula is C4H7F2NaO14P2. The number of carboxylic acids is 4. The summed E-state index contributed by atoms with van der Waals surface area (Å²) in [5.41, 5.74) is 0. The summed E-state index contributed by atoms with van der Waals surface area (Å²) < 4.78 is 37.5. The summed E-state index contributed by atoms with van der Waals surface area (Å²) in [5, 5.41) is 29.6. The van der Waals surface area contributed by atoms with Crippen LogP contribution in [0.3, 0.4) is 0 Å². The molecule has 0 rings (SSSR count). The molecule has 14 nitrogen and oxygen atoms in total. The van der Waals surface area contributed by atoms with Crippen LogP contribution in [0, 0.1) is 0 Å². The number of carboxylic acid groups (broad SMARTS) is 4. The summed E-state index contributed by atoms with van der Waals surface area (Å²) in [7, 11) is -10.5. The van der Waals surface area contributed by atoms with E-state index in [0.717, 1.165) is 0 Å². The van der Waals surface area contributed by atoms with Crippen LogP contribution < -0.4 is 34.5 Å². The van der Waals surface area contributed by atoms with E-state index in [1.165, 1.54) is 0 Å². The van der Waals surface area contributed by atoms with Crippen LogP contribution in [-0.4, -0.2) is 59.0 Å². The van der Waals surface area contributed by atoms with Crippen molar-refractivity contribution < 1.29 is 106 Å². The standard InChI is InChI=1S/2C2H2O4.F2HO2P.Na.H3O4P/c2*3-1(4)2(5)6;1-5(2,3)4;;1-5(2,3)4/h2*(H,3,4)(H,5,6);(H,3,4);;(H3,1,2,3,4)/q;;;+1;/p-1. The van der Waals surface area contributed by atoms with Crippen LogP contribution in [-0.2, 0) is 28.3 Å². The average molecular weight is 402 g/mol. The van der Waals surface area contributed by atoms with E-state index in [2.05, 4.69) is 0 Å². The van der Waals surface area contributed by atoms with Crippen LogP contribution in [0.2, 0.25) is 0 Å². The van der Waals surface area contributed by atoms with Crippen LogP contribution in [0.4, 0.5) is 8.39 Å². The Bertz CT molecular complexity index is 395. The van der Waals surface area contributed by atoms with Crippen LogP contribution in [0.1, 0.15) is 0 Å². The van der Waals surface area contributed by atoms with Gasteiger partial charge in [-0.1, -0.05) is 0 Å². The maximum atomic E-state index is 10.1. The van der Waals surface area contributed by atoms with Gasteiger partial charge in [0, 0.05) is 0 Å². The molecule has 0 saturated heterocycles. The van der Waals surface area contributed by atoms with Crippen molar-refractivity contribution in [2.75, 3.05) is 0 Å². The van der Waals surface area contributed by atoms with Gasteiger partial charge in [-0.25, -0.2) is 23.7 Å². The number of rotatable bonds is 0. The first-order valence-corrected chi connectivity index (χ1v) is 6.67. The molecular weight excluding hydrogens is 395 g/mol. The second-order valence-electron chi connectivity index (χ2n) is 2.15. The summed E-state index contributed by atoms with van der Waals surface area (Å²) in [6, 6.07) is 0. The first-order valence-electron chi connectivity index (χ1n) is 3.70. The predicted octanol–water partition coefficient (Wildman–Crippen LogP) is -5.22. The topological polar surface area (TPSA) is 267 Å². The summed E-state index contributed by atoms with van der Waals surface area (Å²) >= 11 is 0. The fourth-order valence-corrected chi connectivity index (χ4v) is 0. The predicted molar refractivity (Wildman–Crippen MR) is 54.6 cm³/mol. The van der Waals surface area contributed by atoms with E-state index in [0.29, 0.717) is 0 Å². The SMILES string of the molecule is O=C(O)C(=O)O.O=C(O)C(=O)O.O=P(O)(F)F.O=P([O-])(O)O.[Na+]. The molecule has 0 amide bonds. The zero-order valence-electron chi connectivity index (χ0n) is 10.6. The third-order valence-electron chi connectivity index (χ3n) is 0.366. The second-order valence-corrected chi connectivity index (χ2v) is 4.00. The van der Waals surface area contributed by atoms with Crippen molar-refractivity contribution >= 4 is 39.7 Å². The van der Waals surface area contributed by atoms with Crippen LogP contribution in [0.15, 0.2) is 0 Å². The molecule has 0 radical (unpaired) electrons. The van der Waals surface area contributed by atoms with Crippen molar-refractivity contribution in [1.82, 2.24) is 0 Å². The molecule has 0 aliphatic heterocycles. The van der Waals surface area contributed by atoms with Gasteiger partial charge in [0.05, 0.1) is 0 Å². The van der Waals surface area contributed by atoms with Crippen molar-refractivity contribution in [2.24, 2.45) is 0 Å². The van der Waals surface area contributed by atoms with Crippen LogP contribution in [0.5, 0.6) is 0 Å². The fraction of sp³-hybridized carbons (Fsp3) is 0. The van der Waals surface area contributed by atoms with Crippen molar-refractivity contribution in [2.45, 2.75) is 0 Å². The van der Waals surface area contributed by atoms with Crippen LogP contribution in [0.25, 0.3) is 0 Å². The van der Waals surface area contributed by atoms with E-state index in [9.17, 15) is 8.39 Å². The third-order valence-corrected chi connectivity index (χ3v) is 0.366. The van der Waals surface area contributed by atoms with E-state index >= 15 is 0 Å². The van der Waals surface area contributed by atoms with E-state index in [1.54, 1.807) is 0 Å². The number of halogens is 2. The molecule has 23 heavy (non-hydrogen) atoms. The normalized spacial score (nSPS) is 8.96. The zero-order chi connectivity index (χ0) is 19.3. The van der Waals surface area contributed by atoms with E-state index in [4.69, 9.17) is 68.3 Å². The number of phosphoric acid groups is 1. The van der Waals surface area contributed by atoms with Crippen LogP contribution >= 0.6 is 15.8 Å². The van der Waals surface area contributed by atoms with E-state index in [1.807, 2.05) is 0 Å². The van der Waals surface area contributed by atoms with Gasteiger partial charge in [-0.05, 0) is 0 Å². The molecule has 0 aliphatic carbocycles. The number of carbonyl (C=O) groups is 4. The summed E-state index contributed by atoms with van der Waals surface area (Å²) in [4.78, 5) is 66.1. The van der Waals surface area contributed by atoms with Gasteiger partial charge in [0.1, 0.15) is 0 Å². The Balaban J connectivity index is -0.0000000620. The Kier molecular flexibility index (Phi) is 23.3. The zero-order valence-corrected chi connectivity index (χ0v) is 14.4. The molecule has 0 aromatic heterocycles. The summed E-state index contributed by atoms with van der Waals surface area (Å²) in [5.74, 6) is -7.30. The first-order chi connectivity index (χ1) is 9.29. The molecule has 132 valence electrons. The fourth-order valence-electron chi connectivity index (χ4n) is 0. The van der Waals surface area contributed by atoms with Gasteiger partial charge < -0.3 is 35.1 Å². The van der Waals surface area contributed by atoms with Gasteiger partial charge in [0.25, 0.3) is 7.82 Å². The van der Waals surface area contributed by atoms with Crippen molar-refractivity contribution in [3.8, 4) is 0 Å². The number of hydrogen-bond acceptors (Lipinski definition) is 7. The van der Waals surface area contributed by atoms with Crippen molar-refractivity contribution in [3.63, 3.8) is 0 Å². The average Bonchev–Trinajstić information content (AvgIpc) is 2.12. The minimum Gasteiger partial charge on any atom is -0.756 e. The molecule has 0 aromatic rings. The van der Waals surface area contributed by atoms with E-state index in [-0.39, 0.29) is 29.6 Å².